The van der Waals surface area contributed by atoms with Gasteiger partial charge in [0.1, 0.15) is 6.04 Å². The van der Waals surface area contributed by atoms with Gasteiger partial charge in [-0.05, 0) is 37.9 Å². The number of likely N-dealkylation sites (N-methyl/N-ethyl adjacent to an activating group) is 1. The summed E-state index contributed by atoms with van der Waals surface area (Å²) in [7, 11) is 1.87. The summed E-state index contributed by atoms with van der Waals surface area (Å²) in [5.41, 5.74) is 0.872. The molecule has 1 heterocycles. The molecule has 1 aliphatic rings. The Hall–Kier alpha value is -0.880. The maximum Gasteiger partial charge on any atom is 1.00 e. The largest absolute Gasteiger partial charge is 1.00 e. The van der Waals surface area contributed by atoms with Gasteiger partial charge in [-0.1, -0.05) is 30.3 Å². The number of carbonyl (C=O) groups is 1. The molecule has 0 bridgehead atoms. The molecule has 1 aromatic carbocycles. The molecule has 21 heavy (non-hydrogen) atoms. The number of benzene rings is 1. The molecule has 1 aromatic rings. The van der Waals surface area contributed by atoms with Gasteiger partial charge in [-0.3, -0.25) is 9.89 Å². The molecule has 1 N–H and O–H groups in total. The standard InChI is InChI=1S/C15H20N2O3.Na/c1-17-9-5-8-13(17)14(18)16-12(15(19)20)10-11-6-3-2-4-7-11;/h2-4,6-7,12-13H,5,8-10H2,1H3,(H,16,18)(H,19,20);/q;+1/p-1/t12-,13?;/m0./s1. The van der Waals surface area contributed by atoms with Crippen molar-refractivity contribution in [1.82, 2.24) is 4.90 Å². The number of hydrogen-bond donors (Lipinski definition) is 1. The van der Waals surface area contributed by atoms with Crippen molar-refractivity contribution < 1.29 is 44.6 Å². The van der Waals surface area contributed by atoms with Gasteiger partial charge in [0.15, 0.2) is 0 Å². The SMILES string of the molecule is CN1CCCC1C([O-])=N[C@@H](Cc1ccccc1)C(=O)O.[Na+]. The van der Waals surface area contributed by atoms with Crippen LogP contribution in [0.4, 0.5) is 0 Å². The molecule has 1 saturated heterocycles. The van der Waals surface area contributed by atoms with E-state index in [0.29, 0.717) is 0 Å². The Kier molecular flexibility index (Phi) is 7.39. The molecule has 6 heteroatoms. The van der Waals surface area contributed by atoms with Crippen molar-refractivity contribution in [3.05, 3.63) is 35.9 Å². The smallest absolute Gasteiger partial charge is 0.861 e. The zero-order valence-corrected chi connectivity index (χ0v) is 14.5. The second-order valence-corrected chi connectivity index (χ2v) is 5.15. The van der Waals surface area contributed by atoms with E-state index in [1.54, 1.807) is 0 Å². The molecular weight excluding hydrogens is 279 g/mol. The van der Waals surface area contributed by atoms with Gasteiger partial charge in [0.2, 0.25) is 0 Å². The molecule has 0 aliphatic carbocycles. The van der Waals surface area contributed by atoms with Crippen LogP contribution < -0.4 is 34.7 Å². The van der Waals surface area contributed by atoms with Crippen LogP contribution in [-0.2, 0) is 11.2 Å². The first kappa shape index (κ1) is 18.2. The maximum absolute atomic E-state index is 12.1. The maximum atomic E-state index is 12.1. The summed E-state index contributed by atoms with van der Waals surface area (Å²) in [6, 6.07) is 8.00. The van der Waals surface area contributed by atoms with Crippen molar-refractivity contribution in [2.24, 2.45) is 4.99 Å². The Bertz CT molecular complexity index is 493. The molecule has 108 valence electrons. The summed E-state index contributed by atoms with van der Waals surface area (Å²) < 4.78 is 0. The van der Waals surface area contributed by atoms with Crippen LogP contribution >= 0.6 is 0 Å². The first-order valence-electron chi connectivity index (χ1n) is 6.79. The van der Waals surface area contributed by atoms with Crippen LogP contribution in [0.1, 0.15) is 18.4 Å². The fourth-order valence-electron chi connectivity index (χ4n) is 2.49. The van der Waals surface area contributed by atoms with Crippen LogP contribution in [-0.4, -0.2) is 47.5 Å². The zero-order valence-electron chi connectivity index (χ0n) is 12.5. The summed E-state index contributed by atoms with van der Waals surface area (Å²) in [5, 5.41) is 21.3. The number of carboxylic acid groups (broad SMARTS) is 1. The minimum absolute atomic E-state index is 0. The van der Waals surface area contributed by atoms with E-state index in [4.69, 9.17) is 0 Å². The first-order valence-corrected chi connectivity index (χ1v) is 6.79. The third-order valence-corrected chi connectivity index (χ3v) is 3.65. The molecule has 0 amide bonds. The van der Waals surface area contributed by atoms with Gasteiger partial charge in [0, 0.05) is 12.5 Å². The second-order valence-electron chi connectivity index (χ2n) is 5.15. The predicted molar refractivity (Wildman–Crippen MR) is 74.7 cm³/mol. The fourth-order valence-corrected chi connectivity index (χ4v) is 2.49. The van der Waals surface area contributed by atoms with Crippen molar-refractivity contribution in [3.63, 3.8) is 0 Å². The van der Waals surface area contributed by atoms with Gasteiger partial charge in [-0.2, -0.15) is 0 Å². The molecule has 0 radical (unpaired) electrons. The van der Waals surface area contributed by atoms with E-state index in [-0.39, 0.29) is 47.9 Å². The zero-order chi connectivity index (χ0) is 14.5. The van der Waals surface area contributed by atoms with Crippen molar-refractivity contribution in [1.29, 1.82) is 0 Å². The van der Waals surface area contributed by atoms with Gasteiger partial charge in [-0.25, -0.2) is 4.79 Å². The minimum Gasteiger partial charge on any atom is -0.861 e. The van der Waals surface area contributed by atoms with Crippen LogP contribution in [0.15, 0.2) is 35.3 Å². The third kappa shape index (κ3) is 5.11. The molecule has 1 fully saturated rings. The normalized spacial score (nSPS) is 20.8. The number of likely N-dealkylation sites (tertiary alicyclic amines) is 1. The Balaban J connectivity index is 0.00000220. The topological polar surface area (TPSA) is 76.0 Å². The molecule has 2 atom stereocenters. The van der Waals surface area contributed by atoms with Crippen LogP contribution in [0, 0.1) is 0 Å². The first-order chi connectivity index (χ1) is 9.58. The van der Waals surface area contributed by atoms with Gasteiger partial charge in [0.25, 0.3) is 0 Å². The Morgan fingerprint density at radius 3 is 2.67 bits per heavy atom. The van der Waals surface area contributed by atoms with Crippen LogP contribution in [0.25, 0.3) is 0 Å². The van der Waals surface area contributed by atoms with Crippen LogP contribution in [0.2, 0.25) is 0 Å². The predicted octanol–water partition coefficient (Wildman–Crippen LogP) is -2.46. The quantitative estimate of drug-likeness (QED) is 0.372. The summed E-state index contributed by atoms with van der Waals surface area (Å²) >= 11 is 0. The fraction of sp³-hybridized carbons (Fsp3) is 0.467. The number of carboxylic acids is 1. The van der Waals surface area contributed by atoms with E-state index < -0.39 is 12.0 Å². The second kappa shape index (κ2) is 8.54. The van der Waals surface area contributed by atoms with Gasteiger partial charge in [0.05, 0.1) is 0 Å². The molecule has 5 nitrogen and oxygen atoms in total. The van der Waals surface area contributed by atoms with E-state index in [0.717, 1.165) is 24.9 Å². The number of aliphatic imine (C=N–C) groups is 1. The molecule has 0 saturated carbocycles. The average Bonchev–Trinajstić information content (AvgIpc) is 2.85. The molecule has 0 spiro atoms. The molecule has 0 aromatic heterocycles. The van der Waals surface area contributed by atoms with Crippen molar-refractivity contribution in [2.75, 3.05) is 13.6 Å². The molecule has 2 rings (SSSR count). The number of aliphatic carboxylic acids is 1. The Morgan fingerprint density at radius 1 is 1.48 bits per heavy atom. The van der Waals surface area contributed by atoms with Crippen molar-refractivity contribution in [2.45, 2.75) is 31.3 Å². The van der Waals surface area contributed by atoms with Crippen LogP contribution in [0.5, 0.6) is 0 Å². The summed E-state index contributed by atoms with van der Waals surface area (Å²) in [6.45, 7) is 0.863. The number of nitrogens with zero attached hydrogens (tertiary/aromatic N) is 2. The monoisotopic (exact) mass is 298 g/mol. The number of rotatable bonds is 5. The van der Waals surface area contributed by atoms with Crippen LogP contribution in [0.3, 0.4) is 0 Å². The Morgan fingerprint density at radius 2 is 2.14 bits per heavy atom. The average molecular weight is 298 g/mol. The van der Waals surface area contributed by atoms with Gasteiger partial charge in [-0.15, -0.1) is 0 Å². The Labute approximate surface area is 147 Å². The van der Waals surface area contributed by atoms with Gasteiger partial charge >= 0.3 is 35.5 Å². The van der Waals surface area contributed by atoms with E-state index in [1.165, 1.54) is 0 Å². The molecule has 1 unspecified atom stereocenters. The van der Waals surface area contributed by atoms with Gasteiger partial charge < -0.3 is 10.2 Å². The summed E-state index contributed by atoms with van der Waals surface area (Å²) in [4.78, 5) is 17.1. The third-order valence-electron chi connectivity index (χ3n) is 3.65. The van der Waals surface area contributed by atoms with E-state index >= 15 is 0 Å². The summed E-state index contributed by atoms with van der Waals surface area (Å²) in [5.74, 6) is -1.36. The minimum atomic E-state index is -1.05. The molecular formula is C15H19N2NaO3. The number of hydrogen-bond acceptors (Lipinski definition) is 4. The van der Waals surface area contributed by atoms with Crippen molar-refractivity contribution >= 4 is 11.9 Å². The van der Waals surface area contributed by atoms with Crippen molar-refractivity contribution in [3.8, 4) is 0 Å². The van der Waals surface area contributed by atoms with E-state index in [9.17, 15) is 15.0 Å². The summed E-state index contributed by atoms with van der Waals surface area (Å²) in [6.07, 6.45) is 1.97. The van der Waals surface area contributed by atoms with E-state index in [1.807, 2.05) is 42.3 Å². The van der Waals surface area contributed by atoms with E-state index in [2.05, 4.69) is 4.99 Å². The molecule has 1 aliphatic heterocycles.